The van der Waals surface area contributed by atoms with Gasteiger partial charge in [-0.3, -0.25) is 0 Å². The Balaban J connectivity index is 1.33. The van der Waals surface area contributed by atoms with E-state index < -0.39 is 14.9 Å². The van der Waals surface area contributed by atoms with E-state index in [-0.39, 0.29) is 13.2 Å². The molecule has 2 heterocycles. The van der Waals surface area contributed by atoms with Crippen LogP contribution in [0.3, 0.4) is 0 Å². The third-order valence-corrected chi connectivity index (χ3v) is 8.62. The second-order valence-corrected chi connectivity index (χ2v) is 11.2. The number of nitrogens with zero attached hydrogens (tertiary/aromatic N) is 1. The second-order valence-electron chi connectivity index (χ2n) is 8.43. The molecule has 2 fully saturated rings. The van der Waals surface area contributed by atoms with Gasteiger partial charge in [-0.25, -0.2) is 0 Å². The molecule has 0 spiro atoms. The first-order valence-corrected chi connectivity index (χ1v) is 14.4. The van der Waals surface area contributed by atoms with Crippen molar-refractivity contribution in [2.45, 2.75) is 51.5 Å². The Kier molecular flexibility index (Phi) is 11.5. The van der Waals surface area contributed by atoms with E-state index >= 15 is 0 Å². The number of anilines is 1. The SMILES string of the molecule is CCO[Si](CCCOCC(O)COc1ccc(N(CC2CO2)CC2CO2)cc1)(OCC)OCC. The van der Waals surface area contributed by atoms with Gasteiger partial charge in [0.15, 0.2) is 0 Å². The predicted molar refractivity (Wildman–Crippen MR) is 131 cm³/mol. The van der Waals surface area contributed by atoms with Crippen LogP contribution in [0.2, 0.25) is 6.04 Å². The van der Waals surface area contributed by atoms with E-state index in [1.54, 1.807) is 0 Å². The second kappa shape index (κ2) is 14.3. The molecular formula is C24H41NO8Si. The molecule has 0 aliphatic carbocycles. The summed E-state index contributed by atoms with van der Waals surface area (Å²) in [6.45, 7) is 11.8. The fourth-order valence-corrected chi connectivity index (χ4v) is 6.31. The van der Waals surface area contributed by atoms with Gasteiger partial charge in [-0.1, -0.05) is 0 Å². The summed E-state index contributed by atoms with van der Waals surface area (Å²) < 4.78 is 39.7. The monoisotopic (exact) mass is 499 g/mol. The minimum Gasteiger partial charge on any atom is -0.491 e. The number of benzene rings is 1. The van der Waals surface area contributed by atoms with E-state index in [4.69, 9.17) is 32.2 Å². The molecule has 1 aromatic rings. The molecule has 0 amide bonds. The largest absolute Gasteiger partial charge is 0.501 e. The van der Waals surface area contributed by atoms with Crippen LogP contribution in [0.25, 0.3) is 0 Å². The van der Waals surface area contributed by atoms with E-state index in [1.807, 2.05) is 45.0 Å². The smallest absolute Gasteiger partial charge is 0.491 e. The van der Waals surface area contributed by atoms with E-state index in [2.05, 4.69) is 4.90 Å². The molecule has 2 aliphatic heterocycles. The van der Waals surface area contributed by atoms with E-state index in [1.165, 1.54) is 0 Å². The number of aliphatic hydroxyl groups is 1. The van der Waals surface area contributed by atoms with E-state index in [9.17, 15) is 5.11 Å². The van der Waals surface area contributed by atoms with Crippen LogP contribution in [0, 0.1) is 0 Å². The summed E-state index contributed by atoms with van der Waals surface area (Å²) in [5, 5.41) is 10.2. The molecule has 0 aromatic heterocycles. The molecule has 0 bridgehead atoms. The zero-order valence-electron chi connectivity index (χ0n) is 20.8. The predicted octanol–water partition coefficient (Wildman–Crippen LogP) is 2.49. The summed E-state index contributed by atoms with van der Waals surface area (Å²) in [5.74, 6) is 0.717. The molecule has 3 unspecified atom stereocenters. The summed E-state index contributed by atoms with van der Waals surface area (Å²) in [6.07, 6.45) is 0.681. The Morgan fingerprint density at radius 3 is 2.00 bits per heavy atom. The first-order valence-electron chi connectivity index (χ1n) is 12.5. The van der Waals surface area contributed by atoms with Crippen LogP contribution in [0.15, 0.2) is 24.3 Å². The zero-order chi connectivity index (χ0) is 24.2. The Morgan fingerprint density at radius 2 is 1.50 bits per heavy atom. The van der Waals surface area contributed by atoms with Crippen molar-refractivity contribution in [3.05, 3.63) is 24.3 Å². The van der Waals surface area contributed by atoms with Crippen molar-refractivity contribution >= 4 is 14.5 Å². The molecule has 2 saturated heterocycles. The van der Waals surface area contributed by atoms with Crippen LogP contribution >= 0.6 is 0 Å². The third kappa shape index (κ3) is 9.78. The van der Waals surface area contributed by atoms with Crippen molar-refractivity contribution in [2.75, 3.05) is 70.8 Å². The molecule has 194 valence electrons. The Morgan fingerprint density at radius 1 is 0.941 bits per heavy atom. The van der Waals surface area contributed by atoms with Crippen molar-refractivity contribution in [3.8, 4) is 5.75 Å². The average molecular weight is 500 g/mol. The maximum atomic E-state index is 10.2. The molecule has 0 saturated carbocycles. The number of epoxide rings is 2. The molecule has 9 nitrogen and oxygen atoms in total. The van der Waals surface area contributed by atoms with Gasteiger partial charge < -0.3 is 42.2 Å². The first-order chi connectivity index (χ1) is 16.6. The molecule has 3 rings (SSSR count). The summed E-state index contributed by atoms with van der Waals surface area (Å²) in [7, 11) is -2.64. The minimum atomic E-state index is -2.64. The van der Waals surface area contributed by atoms with Crippen molar-refractivity contribution in [3.63, 3.8) is 0 Å². The van der Waals surface area contributed by atoms with Gasteiger partial charge in [0.05, 0.1) is 32.0 Å². The third-order valence-electron chi connectivity index (χ3n) is 5.47. The van der Waals surface area contributed by atoms with Gasteiger partial charge in [-0.2, -0.15) is 0 Å². The number of rotatable bonds is 20. The number of hydrogen-bond acceptors (Lipinski definition) is 9. The Labute approximate surface area is 204 Å². The lowest BCUT2D eigenvalue weighted by atomic mass is 10.2. The van der Waals surface area contributed by atoms with Gasteiger partial charge in [0.25, 0.3) is 0 Å². The summed E-state index contributed by atoms with van der Waals surface area (Å²) in [4.78, 5) is 2.29. The lowest BCUT2D eigenvalue weighted by molar-refractivity contribution is 0.0102. The molecular weight excluding hydrogens is 458 g/mol. The molecule has 1 aromatic carbocycles. The van der Waals surface area contributed by atoms with Crippen LogP contribution in [0.5, 0.6) is 5.75 Å². The highest BCUT2D eigenvalue weighted by atomic mass is 28.4. The molecule has 10 heteroatoms. The van der Waals surface area contributed by atoms with Gasteiger partial charge in [0.1, 0.15) is 18.5 Å². The van der Waals surface area contributed by atoms with Crippen LogP contribution in [-0.2, 0) is 27.5 Å². The minimum absolute atomic E-state index is 0.171. The highest BCUT2D eigenvalue weighted by Crippen LogP contribution is 2.25. The van der Waals surface area contributed by atoms with Crippen LogP contribution in [-0.4, -0.2) is 98.2 Å². The Hall–Kier alpha value is -1.24. The number of hydrogen-bond donors (Lipinski definition) is 1. The number of ether oxygens (including phenoxy) is 4. The molecule has 2 aliphatic rings. The lowest BCUT2D eigenvalue weighted by Crippen LogP contribution is -2.46. The molecule has 1 N–H and O–H groups in total. The highest BCUT2D eigenvalue weighted by Gasteiger charge is 2.39. The fourth-order valence-electron chi connectivity index (χ4n) is 3.73. The van der Waals surface area contributed by atoms with Crippen molar-refractivity contribution in [2.24, 2.45) is 0 Å². The van der Waals surface area contributed by atoms with Gasteiger partial charge in [0.2, 0.25) is 0 Å². The van der Waals surface area contributed by atoms with Crippen LogP contribution in [0.1, 0.15) is 27.2 Å². The van der Waals surface area contributed by atoms with Crippen molar-refractivity contribution in [1.82, 2.24) is 0 Å². The standard InChI is InChI=1S/C24H41NO8Si/c1-4-31-34(32-5-2,33-6-3)13-7-12-27-16-21(26)17-28-22-10-8-20(9-11-22)25(14-23-18-29-23)15-24-19-30-24/h8-11,21,23-24,26H,4-7,12-19H2,1-3H3. The summed E-state index contributed by atoms with van der Waals surface area (Å²) in [5.41, 5.74) is 1.12. The van der Waals surface area contributed by atoms with E-state index in [0.29, 0.717) is 50.4 Å². The summed E-state index contributed by atoms with van der Waals surface area (Å²) in [6, 6.07) is 8.62. The first kappa shape index (κ1) is 27.3. The Bertz CT molecular complexity index is 655. The van der Waals surface area contributed by atoms with Gasteiger partial charge in [-0.15, -0.1) is 0 Å². The zero-order valence-corrected chi connectivity index (χ0v) is 21.8. The van der Waals surface area contributed by atoms with Crippen LogP contribution < -0.4 is 9.64 Å². The van der Waals surface area contributed by atoms with Crippen molar-refractivity contribution < 1.29 is 37.3 Å². The van der Waals surface area contributed by atoms with Gasteiger partial charge in [-0.05, 0) is 51.5 Å². The topological polar surface area (TPSA) is 94.7 Å². The lowest BCUT2D eigenvalue weighted by Gasteiger charge is -2.28. The molecule has 34 heavy (non-hydrogen) atoms. The maximum Gasteiger partial charge on any atom is 0.501 e. The summed E-state index contributed by atoms with van der Waals surface area (Å²) >= 11 is 0. The van der Waals surface area contributed by atoms with E-state index in [0.717, 1.165) is 38.4 Å². The quantitative estimate of drug-likeness (QED) is 0.165. The average Bonchev–Trinajstić information content (AvgIpc) is 3.75. The van der Waals surface area contributed by atoms with Crippen LogP contribution in [0.4, 0.5) is 5.69 Å². The van der Waals surface area contributed by atoms with Gasteiger partial charge >= 0.3 is 8.80 Å². The number of aliphatic hydroxyl groups excluding tert-OH is 1. The normalized spacial score (nSPS) is 20.2. The molecule has 0 radical (unpaired) electrons. The highest BCUT2D eigenvalue weighted by molar-refractivity contribution is 6.60. The fraction of sp³-hybridized carbons (Fsp3) is 0.750. The van der Waals surface area contributed by atoms with Gasteiger partial charge in [0, 0.05) is 51.2 Å². The maximum absolute atomic E-state index is 10.2. The van der Waals surface area contributed by atoms with Crippen molar-refractivity contribution in [1.29, 1.82) is 0 Å². The molecule has 3 atom stereocenters.